The molecule has 1 aromatic heterocycles. The van der Waals surface area contributed by atoms with Gasteiger partial charge in [-0.25, -0.2) is 14.3 Å². The van der Waals surface area contributed by atoms with Gasteiger partial charge in [-0.1, -0.05) is 30.3 Å². The molecule has 0 atom stereocenters. The fraction of sp³-hybridized carbons (Fsp3) is 0.200. The van der Waals surface area contributed by atoms with Gasteiger partial charge in [0, 0.05) is 26.7 Å². The normalized spacial score (nSPS) is 10.7. The maximum absolute atomic E-state index is 12.5. The van der Waals surface area contributed by atoms with Gasteiger partial charge < -0.3 is 4.90 Å². The van der Waals surface area contributed by atoms with Gasteiger partial charge in [0.25, 0.3) is 5.82 Å². The molecule has 0 aliphatic rings. The predicted octanol–water partition coefficient (Wildman–Crippen LogP) is 3.00. The molecule has 122 valence electrons. The molecule has 0 aliphatic carbocycles. The third-order valence-corrected chi connectivity index (χ3v) is 4.24. The van der Waals surface area contributed by atoms with Crippen molar-refractivity contribution in [2.75, 3.05) is 19.0 Å². The highest BCUT2D eigenvalue weighted by atomic mass is 16.1. The van der Waals surface area contributed by atoms with Crippen LogP contribution in [0.2, 0.25) is 0 Å². The minimum absolute atomic E-state index is 0.0580. The Morgan fingerprint density at radius 1 is 0.917 bits per heavy atom. The third kappa shape index (κ3) is 2.83. The fourth-order valence-corrected chi connectivity index (χ4v) is 3.04. The van der Waals surface area contributed by atoms with E-state index in [1.807, 2.05) is 58.3 Å². The van der Waals surface area contributed by atoms with Crippen LogP contribution in [0.1, 0.15) is 11.5 Å². The van der Waals surface area contributed by atoms with Gasteiger partial charge in [-0.15, -0.1) is 0 Å². The van der Waals surface area contributed by atoms with Crippen molar-refractivity contribution in [3.63, 3.8) is 0 Å². The number of anilines is 1. The Bertz CT molecular complexity index is 910. The lowest BCUT2D eigenvalue weighted by molar-refractivity contribution is -0.612. The molecule has 0 saturated heterocycles. The number of aromatic nitrogens is 2. The topological polar surface area (TPSA) is 40.0 Å². The first-order chi connectivity index (χ1) is 11.5. The molecule has 0 fully saturated rings. The quantitative estimate of drug-likeness (QED) is 0.754. The van der Waals surface area contributed by atoms with E-state index in [2.05, 4.69) is 38.7 Å². The summed E-state index contributed by atoms with van der Waals surface area (Å²) in [5.74, 6) is 0.815. The molecule has 0 aliphatic heterocycles. The fourth-order valence-electron chi connectivity index (χ4n) is 3.04. The minimum atomic E-state index is -0.0580. The van der Waals surface area contributed by atoms with Gasteiger partial charge >= 0.3 is 5.56 Å². The van der Waals surface area contributed by atoms with Gasteiger partial charge in [0.1, 0.15) is 16.9 Å². The highest BCUT2D eigenvalue weighted by Gasteiger charge is 2.20. The molecule has 2 aromatic carbocycles. The number of H-pyrrole nitrogens is 1. The van der Waals surface area contributed by atoms with E-state index < -0.39 is 0 Å². The zero-order valence-electron chi connectivity index (χ0n) is 14.5. The van der Waals surface area contributed by atoms with Crippen molar-refractivity contribution in [3.8, 4) is 16.8 Å². The molecule has 0 saturated carbocycles. The molecule has 0 bridgehead atoms. The molecule has 3 rings (SSSR count). The van der Waals surface area contributed by atoms with E-state index in [-0.39, 0.29) is 5.56 Å². The van der Waals surface area contributed by atoms with E-state index in [0.29, 0.717) is 5.56 Å². The number of hydrogen-bond donors (Lipinski definition) is 1. The Labute approximate surface area is 142 Å². The first-order valence-corrected chi connectivity index (χ1v) is 7.98. The molecule has 1 heterocycles. The van der Waals surface area contributed by atoms with Crippen LogP contribution in [-0.2, 0) is 0 Å². The van der Waals surface area contributed by atoms with Crippen LogP contribution >= 0.6 is 0 Å². The molecule has 1 N–H and O–H groups in total. The average molecular weight is 320 g/mol. The lowest BCUT2D eigenvalue weighted by Crippen LogP contribution is -2.42. The molecule has 0 unspecified atom stereocenters. The second-order valence-corrected chi connectivity index (χ2v) is 6.11. The summed E-state index contributed by atoms with van der Waals surface area (Å²) in [5.41, 5.74) is 4.68. The Hall–Kier alpha value is -2.88. The van der Waals surface area contributed by atoms with Gasteiger partial charge in [-0.05, 0) is 36.8 Å². The minimum Gasteiger partial charge on any atom is -0.378 e. The van der Waals surface area contributed by atoms with Crippen LogP contribution in [0.5, 0.6) is 0 Å². The van der Waals surface area contributed by atoms with Crippen LogP contribution in [0.3, 0.4) is 0 Å². The first-order valence-electron chi connectivity index (χ1n) is 7.98. The van der Waals surface area contributed by atoms with Gasteiger partial charge in [0.2, 0.25) is 0 Å². The number of rotatable bonds is 3. The number of hydrogen-bond acceptors (Lipinski definition) is 2. The van der Waals surface area contributed by atoms with Crippen molar-refractivity contribution in [1.29, 1.82) is 0 Å². The van der Waals surface area contributed by atoms with Crippen molar-refractivity contribution in [2.24, 2.45) is 0 Å². The van der Waals surface area contributed by atoms with Crippen LogP contribution in [0.15, 0.2) is 59.4 Å². The average Bonchev–Trinajstić information content (AvgIpc) is 2.56. The molecule has 0 spiro atoms. The molecule has 0 amide bonds. The Balaban J connectivity index is 2.20. The molecular weight excluding hydrogens is 298 g/mol. The number of nitrogens with zero attached hydrogens (tertiary/aromatic N) is 2. The summed E-state index contributed by atoms with van der Waals surface area (Å²) in [6, 6.07) is 18.1. The van der Waals surface area contributed by atoms with Crippen molar-refractivity contribution < 1.29 is 4.57 Å². The zero-order valence-corrected chi connectivity index (χ0v) is 14.5. The van der Waals surface area contributed by atoms with Gasteiger partial charge in [-0.3, -0.25) is 0 Å². The highest BCUT2D eigenvalue weighted by Crippen LogP contribution is 2.19. The van der Waals surface area contributed by atoms with E-state index in [1.165, 1.54) is 0 Å². The lowest BCUT2D eigenvalue weighted by atomic mass is 10.1. The predicted molar refractivity (Wildman–Crippen MR) is 97.8 cm³/mol. The molecule has 3 aromatic rings. The Morgan fingerprint density at radius 3 is 2.12 bits per heavy atom. The second-order valence-electron chi connectivity index (χ2n) is 6.11. The molecular formula is C20H22N3O+. The summed E-state index contributed by atoms with van der Waals surface area (Å²) in [6.45, 7) is 3.91. The van der Waals surface area contributed by atoms with Gasteiger partial charge in [-0.2, -0.15) is 0 Å². The Morgan fingerprint density at radius 2 is 1.54 bits per heavy atom. The first kappa shape index (κ1) is 16.0. The van der Waals surface area contributed by atoms with Crippen LogP contribution in [0.4, 0.5) is 5.69 Å². The monoisotopic (exact) mass is 320 g/mol. The maximum atomic E-state index is 12.5. The van der Waals surface area contributed by atoms with E-state index in [1.54, 1.807) is 0 Å². The molecule has 24 heavy (non-hydrogen) atoms. The van der Waals surface area contributed by atoms with Gasteiger partial charge in [0.15, 0.2) is 0 Å². The number of aromatic amines is 1. The summed E-state index contributed by atoms with van der Waals surface area (Å²) in [5, 5.41) is 0. The van der Waals surface area contributed by atoms with E-state index >= 15 is 0 Å². The lowest BCUT2D eigenvalue weighted by Gasteiger charge is -2.14. The van der Waals surface area contributed by atoms with Crippen LogP contribution < -0.4 is 15.0 Å². The smallest absolute Gasteiger partial charge is 0.343 e. The van der Waals surface area contributed by atoms with Crippen LogP contribution in [-0.4, -0.2) is 19.1 Å². The summed E-state index contributed by atoms with van der Waals surface area (Å²) >= 11 is 0. The van der Waals surface area contributed by atoms with Gasteiger partial charge in [0.05, 0.1) is 0 Å². The summed E-state index contributed by atoms with van der Waals surface area (Å²) in [4.78, 5) is 17.6. The van der Waals surface area contributed by atoms with Crippen LogP contribution in [0.25, 0.3) is 16.8 Å². The van der Waals surface area contributed by atoms with Crippen molar-refractivity contribution >= 4 is 5.69 Å². The van der Waals surface area contributed by atoms with E-state index in [9.17, 15) is 4.79 Å². The summed E-state index contributed by atoms with van der Waals surface area (Å²) < 4.78 is 2.09. The third-order valence-electron chi connectivity index (χ3n) is 4.24. The number of benzene rings is 2. The molecule has 4 heteroatoms. The number of nitrogens with one attached hydrogen (secondary N) is 1. The maximum Gasteiger partial charge on any atom is 0.343 e. The Kier molecular flexibility index (Phi) is 4.21. The standard InChI is InChI=1S/C20H21N3O/c1-14-19(16-8-6-5-7-9-16)20(24)21-15(2)23(14)18-12-10-17(11-13-18)22(3)4/h5-13H,1-4H3/p+1. The number of aryl methyl sites for hydroxylation is 1. The molecule has 4 nitrogen and oxygen atoms in total. The summed E-state index contributed by atoms with van der Waals surface area (Å²) in [6.07, 6.45) is 0. The van der Waals surface area contributed by atoms with E-state index in [4.69, 9.17) is 0 Å². The summed E-state index contributed by atoms with van der Waals surface area (Å²) in [7, 11) is 4.04. The zero-order chi connectivity index (χ0) is 17.3. The second kappa shape index (κ2) is 6.32. The van der Waals surface area contributed by atoms with Crippen molar-refractivity contribution in [3.05, 3.63) is 76.5 Å². The highest BCUT2D eigenvalue weighted by molar-refractivity contribution is 5.63. The molecule has 0 radical (unpaired) electrons. The largest absolute Gasteiger partial charge is 0.378 e. The van der Waals surface area contributed by atoms with Crippen LogP contribution in [0, 0.1) is 13.8 Å². The van der Waals surface area contributed by atoms with Crippen molar-refractivity contribution in [2.45, 2.75) is 13.8 Å². The SMILES string of the molecule is Cc1[nH]c(=O)c(-c2ccccc2)c(C)[n+]1-c1ccc(N(C)C)cc1. The van der Waals surface area contributed by atoms with Crippen molar-refractivity contribution in [1.82, 2.24) is 4.98 Å². The van der Waals surface area contributed by atoms with E-state index in [0.717, 1.165) is 28.5 Å².